The molecule has 48 valence electrons. The van der Waals surface area contributed by atoms with Crippen LogP contribution in [-0.2, 0) is 8.98 Å². The molecule has 0 aromatic rings. The first-order valence-corrected chi connectivity index (χ1v) is 3.29. The molecule has 0 aliphatic rings. The van der Waals surface area contributed by atoms with Crippen LogP contribution in [0.4, 0.5) is 0 Å². The van der Waals surface area contributed by atoms with E-state index >= 15 is 0 Å². The number of carboxylic acid groups (broad SMARTS) is 1. The zero-order valence-corrected chi connectivity index (χ0v) is 5.40. The fourth-order valence-corrected chi connectivity index (χ4v) is 0.462. The van der Waals surface area contributed by atoms with Crippen molar-refractivity contribution >= 4 is 18.0 Å². The lowest BCUT2D eigenvalue weighted by atomic mass is 10.5. The maximum atomic E-state index is 9.78. The summed E-state index contributed by atoms with van der Waals surface area (Å²) in [6, 6.07) is 0. The molecule has 0 bridgehead atoms. The summed E-state index contributed by atoms with van der Waals surface area (Å²) in [4.78, 5) is 9.78. The van der Waals surface area contributed by atoms with Gasteiger partial charge in [-0.1, -0.05) is 0 Å². The first-order valence-electron chi connectivity index (χ1n) is 2.14. The second-order valence-electron chi connectivity index (χ2n) is 1.13. The summed E-state index contributed by atoms with van der Waals surface area (Å²) >= 11 is 1.18. The fourth-order valence-electron chi connectivity index (χ4n) is 0.212. The molecule has 0 aromatic carbocycles. The molecule has 0 rings (SSSR count). The standard InChI is InChI=1S/C4H8O3S/c1-8-7-3-2-4(5)6/h2-3H2,1H3,(H,5,6). The molecule has 0 amide bonds. The van der Waals surface area contributed by atoms with Crippen LogP contribution >= 0.6 is 12.0 Å². The Morgan fingerprint density at radius 1 is 1.88 bits per heavy atom. The predicted octanol–water partition coefficient (Wildman–Crippen LogP) is 0.756. The molecule has 0 radical (unpaired) electrons. The highest BCUT2D eigenvalue weighted by molar-refractivity contribution is 7.93. The van der Waals surface area contributed by atoms with Crippen LogP contribution in [0.2, 0.25) is 0 Å². The summed E-state index contributed by atoms with van der Waals surface area (Å²) in [6.45, 7) is 0.288. The maximum absolute atomic E-state index is 9.78. The van der Waals surface area contributed by atoms with Gasteiger partial charge in [-0.2, -0.15) is 0 Å². The average Bonchev–Trinajstić information content (AvgIpc) is 1.66. The highest BCUT2D eigenvalue weighted by Crippen LogP contribution is 1.94. The molecule has 0 aliphatic heterocycles. The summed E-state index contributed by atoms with van der Waals surface area (Å²) in [5.74, 6) is -0.820. The van der Waals surface area contributed by atoms with Crippen molar-refractivity contribution in [2.24, 2.45) is 0 Å². The SMILES string of the molecule is CSOCCC(=O)O. The molecule has 4 heteroatoms. The minimum atomic E-state index is -0.820. The molecule has 0 aromatic heterocycles. The quantitative estimate of drug-likeness (QED) is 0.457. The van der Waals surface area contributed by atoms with Gasteiger partial charge in [0, 0.05) is 6.26 Å². The van der Waals surface area contributed by atoms with Crippen LogP contribution in [0.5, 0.6) is 0 Å². The zero-order valence-electron chi connectivity index (χ0n) is 4.59. The summed E-state index contributed by atoms with van der Waals surface area (Å²) in [5, 5.41) is 8.05. The Morgan fingerprint density at radius 2 is 2.50 bits per heavy atom. The van der Waals surface area contributed by atoms with Crippen LogP contribution < -0.4 is 0 Å². The van der Waals surface area contributed by atoms with Crippen LogP contribution in [0, 0.1) is 0 Å². The first kappa shape index (κ1) is 7.78. The zero-order chi connectivity index (χ0) is 6.41. The number of hydrogen-bond donors (Lipinski definition) is 1. The lowest BCUT2D eigenvalue weighted by Crippen LogP contribution is -1.98. The minimum absolute atomic E-state index is 0.0842. The molecule has 0 saturated carbocycles. The Morgan fingerprint density at radius 3 is 2.88 bits per heavy atom. The van der Waals surface area contributed by atoms with Gasteiger partial charge in [0.05, 0.1) is 13.0 Å². The van der Waals surface area contributed by atoms with E-state index in [-0.39, 0.29) is 13.0 Å². The largest absolute Gasteiger partial charge is 0.481 e. The van der Waals surface area contributed by atoms with Gasteiger partial charge < -0.3 is 9.29 Å². The van der Waals surface area contributed by atoms with E-state index in [2.05, 4.69) is 4.18 Å². The highest BCUT2D eigenvalue weighted by atomic mass is 32.2. The van der Waals surface area contributed by atoms with Gasteiger partial charge in [0.25, 0.3) is 0 Å². The fraction of sp³-hybridized carbons (Fsp3) is 0.750. The molecule has 0 heterocycles. The smallest absolute Gasteiger partial charge is 0.305 e. The molecule has 0 fully saturated rings. The van der Waals surface area contributed by atoms with Gasteiger partial charge in [0.2, 0.25) is 0 Å². The third-order valence-electron chi connectivity index (χ3n) is 0.517. The highest BCUT2D eigenvalue weighted by Gasteiger charge is 1.93. The number of carboxylic acids is 1. The third-order valence-corrected chi connectivity index (χ3v) is 0.919. The molecule has 0 saturated heterocycles. The van der Waals surface area contributed by atoms with Crippen molar-refractivity contribution < 1.29 is 14.1 Å². The van der Waals surface area contributed by atoms with Crippen molar-refractivity contribution in [2.45, 2.75) is 6.42 Å². The van der Waals surface area contributed by atoms with Crippen molar-refractivity contribution in [3.05, 3.63) is 0 Å². The van der Waals surface area contributed by atoms with Gasteiger partial charge in [-0.25, -0.2) is 0 Å². The minimum Gasteiger partial charge on any atom is -0.481 e. The summed E-state index contributed by atoms with van der Waals surface area (Å²) in [6.07, 6.45) is 1.84. The number of hydrogen-bond acceptors (Lipinski definition) is 3. The van der Waals surface area contributed by atoms with Crippen molar-refractivity contribution in [2.75, 3.05) is 12.9 Å². The van der Waals surface area contributed by atoms with Gasteiger partial charge in [-0.15, -0.1) is 0 Å². The summed E-state index contributed by atoms with van der Waals surface area (Å²) in [7, 11) is 0. The summed E-state index contributed by atoms with van der Waals surface area (Å²) in [5.41, 5.74) is 0. The Hall–Kier alpha value is -0.220. The van der Waals surface area contributed by atoms with E-state index in [4.69, 9.17) is 5.11 Å². The molecule has 0 spiro atoms. The Kier molecular flexibility index (Phi) is 4.79. The van der Waals surface area contributed by atoms with E-state index in [0.717, 1.165) is 0 Å². The van der Waals surface area contributed by atoms with Gasteiger partial charge in [0.15, 0.2) is 0 Å². The van der Waals surface area contributed by atoms with E-state index in [1.165, 1.54) is 12.0 Å². The summed E-state index contributed by atoms with van der Waals surface area (Å²) < 4.78 is 4.68. The lowest BCUT2D eigenvalue weighted by molar-refractivity contribution is -0.137. The van der Waals surface area contributed by atoms with Crippen LogP contribution in [-0.4, -0.2) is 23.9 Å². The molecule has 3 nitrogen and oxygen atoms in total. The van der Waals surface area contributed by atoms with E-state index in [0.29, 0.717) is 0 Å². The molecular formula is C4H8O3S. The van der Waals surface area contributed by atoms with Crippen molar-refractivity contribution in [1.82, 2.24) is 0 Å². The van der Waals surface area contributed by atoms with Crippen LogP contribution in [0.15, 0.2) is 0 Å². The van der Waals surface area contributed by atoms with E-state index in [1.54, 1.807) is 6.26 Å². The molecule has 8 heavy (non-hydrogen) atoms. The third kappa shape index (κ3) is 5.78. The van der Waals surface area contributed by atoms with Gasteiger partial charge in [0.1, 0.15) is 0 Å². The molecular weight excluding hydrogens is 128 g/mol. The Balaban J connectivity index is 2.82. The second kappa shape index (κ2) is 4.93. The number of rotatable bonds is 4. The van der Waals surface area contributed by atoms with Crippen molar-refractivity contribution in [3.8, 4) is 0 Å². The lowest BCUT2D eigenvalue weighted by Gasteiger charge is -1.92. The van der Waals surface area contributed by atoms with E-state index in [9.17, 15) is 4.79 Å². The van der Waals surface area contributed by atoms with Gasteiger partial charge in [-0.05, 0) is 12.0 Å². The van der Waals surface area contributed by atoms with E-state index < -0.39 is 5.97 Å². The van der Waals surface area contributed by atoms with Gasteiger partial charge >= 0.3 is 5.97 Å². The molecule has 0 aliphatic carbocycles. The van der Waals surface area contributed by atoms with Crippen molar-refractivity contribution in [3.63, 3.8) is 0 Å². The first-order chi connectivity index (χ1) is 3.77. The topological polar surface area (TPSA) is 46.5 Å². The van der Waals surface area contributed by atoms with Crippen molar-refractivity contribution in [1.29, 1.82) is 0 Å². The molecule has 1 N–H and O–H groups in total. The predicted molar refractivity (Wildman–Crippen MR) is 31.7 cm³/mol. The number of aliphatic carboxylic acids is 1. The maximum Gasteiger partial charge on any atom is 0.305 e. The van der Waals surface area contributed by atoms with E-state index in [1.807, 2.05) is 0 Å². The van der Waals surface area contributed by atoms with Crippen LogP contribution in [0.3, 0.4) is 0 Å². The Bertz CT molecular complexity index is 73.7. The molecule has 0 atom stereocenters. The van der Waals surface area contributed by atoms with Gasteiger partial charge in [-0.3, -0.25) is 4.79 Å². The number of carbonyl (C=O) groups is 1. The average molecular weight is 136 g/mol. The Labute approximate surface area is 52.2 Å². The normalized spacial score (nSPS) is 9.12. The van der Waals surface area contributed by atoms with Crippen LogP contribution in [0.1, 0.15) is 6.42 Å². The molecule has 0 unspecified atom stereocenters. The monoisotopic (exact) mass is 136 g/mol. The van der Waals surface area contributed by atoms with Crippen LogP contribution in [0.25, 0.3) is 0 Å². The second-order valence-corrected chi connectivity index (χ2v) is 1.70.